The van der Waals surface area contributed by atoms with Gasteiger partial charge >= 0.3 is 0 Å². The van der Waals surface area contributed by atoms with Gasteiger partial charge in [-0.05, 0) is 12.5 Å². The molecule has 0 radical (unpaired) electrons. The van der Waals surface area contributed by atoms with Gasteiger partial charge in [-0.25, -0.2) is 4.39 Å². The smallest absolute Gasteiger partial charge is 0.168 e. The van der Waals surface area contributed by atoms with Crippen molar-refractivity contribution in [3.8, 4) is 5.75 Å². The zero-order valence-electron chi connectivity index (χ0n) is 7.51. The second-order valence-electron chi connectivity index (χ2n) is 3.36. The predicted molar refractivity (Wildman–Crippen MR) is 48.2 cm³/mol. The lowest BCUT2D eigenvalue weighted by molar-refractivity contribution is 0.255. The van der Waals surface area contributed by atoms with Crippen LogP contribution >= 0.6 is 0 Å². The first-order valence-electron chi connectivity index (χ1n) is 4.37. The monoisotopic (exact) mass is 181 g/mol. The predicted octanol–water partition coefficient (Wildman–Crippen LogP) is 1.92. The number of rotatable bonds is 0. The van der Waals surface area contributed by atoms with Gasteiger partial charge in [0.05, 0.1) is 6.61 Å². The molecular formula is C10H12FNO. The average Bonchev–Trinajstić information content (AvgIpc) is 2.12. The third kappa shape index (κ3) is 1.29. The van der Waals surface area contributed by atoms with Crippen LogP contribution in [0.2, 0.25) is 0 Å². The maximum absolute atomic E-state index is 13.5. The van der Waals surface area contributed by atoms with E-state index in [1.165, 1.54) is 0 Å². The Morgan fingerprint density at radius 2 is 2.31 bits per heavy atom. The minimum Gasteiger partial charge on any atom is -0.490 e. The van der Waals surface area contributed by atoms with E-state index in [4.69, 9.17) is 10.5 Å². The summed E-state index contributed by atoms with van der Waals surface area (Å²) in [5.41, 5.74) is 7.21. The van der Waals surface area contributed by atoms with Gasteiger partial charge < -0.3 is 10.5 Å². The van der Waals surface area contributed by atoms with E-state index in [9.17, 15) is 4.39 Å². The fourth-order valence-corrected chi connectivity index (χ4v) is 1.55. The second-order valence-corrected chi connectivity index (χ2v) is 3.36. The van der Waals surface area contributed by atoms with Gasteiger partial charge in [-0.1, -0.05) is 12.1 Å². The minimum atomic E-state index is -0.271. The highest BCUT2D eigenvalue weighted by molar-refractivity contribution is 5.41. The van der Waals surface area contributed by atoms with Crippen LogP contribution in [0.15, 0.2) is 12.1 Å². The van der Waals surface area contributed by atoms with Crippen LogP contribution in [0, 0.1) is 12.7 Å². The molecule has 3 heteroatoms. The molecule has 0 fully saturated rings. The highest BCUT2D eigenvalue weighted by Crippen LogP contribution is 2.33. The molecule has 1 aliphatic rings. The van der Waals surface area contributed by atoms with Crippen molar-refractivity contribution in [2.45, 2.75) is 19.4 Å². The lowest BCUT2D eigenvalue weighted by Crippen LogP contribution is -2.21. The maximum atomic E-state index is 13.5. The van der Waals surface area contributed by atoms with Gasteiger partial charge in [0.25, 0.3) is 0 Å². The Morgan fingerprint density at radius 3 is 3.08 bits per heavy atom. The quantitative estimate of drug-likeness (QED) is 0.663. The van der Waals surface area contributed by atoms with Gasteiger partial charge in [-0.3, -0.25) is 0 Å². The number of aryl methyl sites for hydroxylation is 1. The van der Waals surface area contributed by atoms with Crippen LogP contribution in [-0.4, -0.2) is 6.61 Å². The third-order valence-corrected chi connectivity index (χ3v) is 2.40. The van der Waals surface area contributed by atoms with Crippen LogP contribution < -0.4 is 10.5 Å². The fourth-order valence-electron chi connectivity index (χ4n) is 1.55. The Hall–Kier alpha value is -1.09. The number of fused-ring (bicyclic) bond motifs is 1. The molecule has 2 N–H and O–H groups in total. The molecule has 1 heterocycles. The molecule has 1 atom stereocenters. The van der Waals surface area contributed by atoms with Gasteiger partial charge in [0.1, 0.15) is 0 Å². The summed E-state index contributed by atoms with van der Waals surface area (Å²) in [6.45, 7) is 2.23. The molecule has 1 aliphatic heterocycles. The van der Waals surface area contributed by atoms with E-state index in [-0.39, 0.29) is 11.9 Å². The third-order valence-electron chi connectivity index (χ3n) is 2.40. The van der Waals surface area contributed by atoms with Crippen LogP contribution in [0.1, 0.15) is 23.6 Å². The second kappa shape index (κ2) is 3.00. The van der Waals surface area contributed by atoms with E-state index in [0.29, 0.717) is 17.9 Å². The lowest BCUT2D eigenvalue weighted by atomic mass is 9.99. The Morgan fingerprint density at radius 1 is 1.54 bits per heavy atom. The standard InChI is InChI=1S/C10H12FNO/c1-6-2-3-7-8(12)4-5-13-10(7)9(6)11/h2-3,8H,4-5,12H2,1H3/t8-/m0/s1. The van der Waals surface area contributed by atoms with E-state index < -0.39 is 0 Å². The van der Waals surface area contributed by atoms with Crippen molar-refractivity contribution in [1.82, 2.24) is 0 Å². The van der Waals surface area contributed by atoms with E-state index in [1.54, 1.807) is 13.0 Å². The Balaban J connectivity index is 2.56. The molecule has 70 valence electrons. The largest absolute Gasteiger partial charge is 0.490 e. The topological polar surface area (TPSA) is 35.2 Å². The molecule has 0 aromatic heterocycles. The molecule has 1 aromatic rings. The molecule has 0 saturated heterocycles. The summed E-state index contributed by atoms with van der Waals surface area (Å²) in [4.78, 5) is 0. The number of hydrogen-bond acceptors (Lipinski definition) is 2. The Labute approximate surface area is 76.5 Å². The van der Waals surface area contributed by atoms with Crippen LogP contribution in [0.25, 0.3) is 0 Å². The van der Waals surface area contributed by atoms with Crippen molar-refractivity contribution >= 4 is 0 Å². The molecule has 1 aromatic carbocycles. The Bertz CT molecular complexity index is 338. The Kier molecular flexibility index (Phi) is 1.96. The van der Waals surface area contributed by atoms with Crippen molar-refractivity contribution < 1.29 is 9.13 Å². The first-order chi connectivity index (χ1) is 6.20. The fraction of sp³-hybridized carbons (Fsp3) is 0.400. The minimum absolute atomic E-state index is 0.0844. The highest BCUT2D eigenvalue weighted by atomic mass is 19.1. The van der Waals surface area contributed by atoms with Crippen LogP contribution in [0.3, 0.4) is 0 Å². The van der Waals surface area contributed by atoms with E-state index in [2.05, 4.69) is 0 Å². The number of ether oxygens (including phenoxy) is 1. The van der Waals surface area contributed by atoms with Gasteiger partial charge in [0.2, 0.25) is 0 Å². The average molecular weight is 181 g/mol. The number of nitrogens with two attached hydrogens (primary N) is 1. The molecule has 0 aliphatic carbocycles. The summed E-state index contributed by atoms with van der Waals surface area (Å²) in [5, 5.41) is 0. The molecule has 0 amide bonds. The molecule has 0 bridgehead atoms. The van der Waals surface area contributed by atoms with Crippen molar-refractivity contribution in [1.29, 1.82) is 0 Å². The molecule has 0 unspecified atom stereocenters. The first-order valence-corrected chi connectivity index (χ1v) is 4.37. The first kappa shape index (κ1) is 8.51. The van der Waals surface area contributed by atoms with E-state index >= 15 is 0 Å². The van der Waals surface area contributed by atoms with Crippen LogP contribution in [0.4, 0.5) is 4.39 Å². The molecule has 0 saturated carbocycles. The lowest BCUT2D eigenvalue weighted by Gasteiger charge is -2.23. The van der Waals surface area contributed by atoms with Gasteiger partial charge in [-0.15, -0.1) is 0 Å². The summed E-state index contributed by atoms with van der Waals surface area (Å²) in [6.07, 6.45) is 0.759. The zero-order valence-corrected chi connectivity index (χ0v) is 7.51. The van der Waals surface area contributed by atoms with Gasteiger partial charge in [-0.2, -0.15) is 0 Å². The van der Waals surface area contributed by atoms with Crippen LogP contribution in [-0.2, 0) is 0 Å². The summed E-state index contributed by atoms with van der Waals surface area (Å²) < 4.78 is 18.7. The van der Waals surface area contributed by atoms with Crippen molar-refractivity contribution in [3.63, 3.8) is 0 Å². The number of halogens is 1. The summed E-state index contributed by atoms with van der Waals surface area (Å²) in [6, 6.07) is 3.50. The highest BCUT2D eigenvalue weighted by Gasteiger charge is 2.21. The summed E-state index contributed by atoms with van der Waals surface area (Å²) >= 11 is 0. The van der Waals surface area contributed by atoms with Gasteiger partial charge in [0, 0.05) is 18.0 Å². The van der Waals surface area contributed by atoms with Crippen molar-refractivity contribution in [2.24, 2.45) is 5.73 Å². The van der Waals surface area contributed by atoms with Crippen molar-refractivity contribution in [2.75, 3.05) is 6.61 Å². The molecule has 2 rings (SSSR count). The SMILES string of the molecule is Cc1ccc2c(c1F)OCC[C@@H]2N. The molecule has 2 nitrogen and oxygen atoms in total. The maximum Gasteiger partial charge on any atom is 0.168 e. The summed E-state index contributed by atoms with van der Waals surface area (Å²) in [7, 11) is 0. The van der Waals surface area contributed by atoms with Crippen LogP contribution in [0.5, 0.6) is 5.75 Å². The molecular weight excluding hydrogens is 169 g/mol. The number of hydrogen-bond donors (Lipinski definition) is 1. The van der Waals surface area contributed by atoms with Gasteiger partial charge in [0.15, 0.2) is 11.6 Å². The van der Waals surface area contributed by atoms with Crippen molar-refractivity contribution in [3.05, 3.63) is 29.1 Å². The molecule has 0 spiro atoms. The van der Waals surface area contributed by atoms with E-state index in [1.807, 2.05) is 6.07 Å². The number of benzene rings is 1. The zero-order chi connectivity index (χ0) is 9.42. The molecule has 13 heavy (non-hydrogen) atoms. The van der Waals surface area contributed by atoms with E-state index in [0.717, 1.165) is 12.0 Å². The normalized spacial score (nSPS) is 20.7. The summed E-state index contributed by atoms with van der Waals surface area (Å²) in [5.74, 6) is 0.0754.